The predicted octanol–water partition coefficient (Wildman–Crippen LogP) is 0.958. The van der Waals surface area contributed by atoms with Gasteiger partial charge in [0.2, 0.25) is 0 Å². The Hall–Kier alpha value is -0.590. The van der Waals surface area contributed by atoms with Crippen molar-refractivity contribution in [1.82, 2.24) is 4.90 Å². The van der Waals surface area contributed by atoms with Crippen molar-refractivity contribution < 1.29 is 0 Å². The van der Waals surface area contributed by atoms with E-state index in [1.54, 1.807) is 0 Å². The number of nitriles is 1. The fourth-order valence-electron chi connectivity index (χ4n) is 1.86. The summed E-state index contributed by atoms with van der Waals surface area (Å²) in [7, 11) is 0. The Morgan fingerprint density at radius 2 is 2.23 bits per heavy atom. The first-order valence-corrected chi connectivity index (χ1v) is 5.06. The van der Waals surface area contributed by atoms with Gasteiger partial charge in [0, 0.05) is 18.6 Å². The molecule has 1 atom stereocenters. The summed E-state index contributed by atoms with van der Waals surface area (Å²) >= 11 is 0. The second-order valence-corrected chi connectivity index (χ2v) is 4.00. The zero-order valence-electron chi connectivity index (χ0n) is 8.53. The lowest BCUT2D eigenvalue weighted by molar-refractivity contribution is 0.108. The van der Waals surface area contributed by atoms with Crippen molar-refractivity contribution in [2.75, 3.05) is 13.1 Å². The Bertz CT molecular complexity index is 191. The fourth-order valence-corrected chi connectivity index (χ4v) is 1.86. The highest BCUT2D eigenvalue weighted by Crippen LogP contribution is 2.24. The van der Waals surface area contributed by atoms with Gasteiger partial charge in [0.05, 0.1) is 12.0 Å². The van der Waals surface area contributed by atoms with Gasteiger partial charge in [-0.05, 0) is 26.3 Å². The van der Waals surface area contributed by atoms with Gasteiger partial charge in [0.1, 0.15) is 0 Å². The molecule has 0 aromatic rings. The van der Waals surface area contributed by atoms with E-state index in [1.165, 1.54) is 0 Å². The molecule has 0 amide bonds. The van der Waals surface area contributed by atoms with E-state index in [0.29, 0.717) is 12.1 Å². The van der Waals surface area contributed by atoms with Crippen molar-refractivity contribution in [1.29, 1.82) is 5.26 Å². The van der Waals surface area contributed by atoms with Crippen LogP contribution in [0.15, 0.2) is 0 Å². The molecule has 1 saturated carbocycles. The highest BCUT2D eigenvalue weighted by atomic mass is 15.2. The van der Waals surface area contributed by atoms with Gasteiger partial charge in [0.25, 0.3) is 0 Å². The van der Waals surface area contributed by atoms with Crippen LogP contribution in [0.3, 0.4) is 0 Å². The van der Waals surface area contributed by atoms with E-state index in [0.717, 1.165) is 25.9 Å². The molecule has 3 nitrogen and oxygen atoms in total. The minimum absolute atomic E-state index is 0.136. The summed E-state index contributed by atoms with van der Waals surface area (Å²) < 4.78 is 0. The van der Waals surface area contributed by atoms with Crippen LogP contribution in [0.4, 0.5) is 0 Å². The molecule has 3 heteroatoms. The average Bonchev–Trinajstić information content (AvgIpc) is 2.09. The third kappa shape index (κ3) is 2.68. The van der Waals surface area contributed by atoms with E-state index < -0.39 is 0 Å². The van der Waals surface area contributed by atoms with Crippen LogP contribution < -0.4 is 5.73 Å². The first-order chi connectivity index (χ1) is 6.17. The molecule has 13 heavy (non-hydrogen) atoms. The molecular formula is C10H19N3. The molecular weight excluding hydrogens is 162 g/mol. The zero-order valence-corrected chi connectivity index (χ0v) is 8.53. The van der Waals surface area contributed by atoms with Gasteiger partial charge in [-0.2, -0.15) is 5.26 Å². The Kier molecular flexibility index (Phi) is 3.71. The molecule has 0 saturated heterocycles. The Morgan fingerprint density at radius 1 is 1.62 bits per heavy atom. The molecule has 74 valence electrons. The van der Waals surface area contributed by atoms with Crippen molar-refractivity contribution in [3.8, 4) is 6.07 Å². The van der Waals surface area contributed by atoms with Crippen LogP contribution in [-0.2, 0) is 0 Å². The van der Waals surface area contributed by atoms with Crippen molar-refractivity contribution in [2.24, 2.45) is 11.7 Å². The number of rotatable bonds is 4. The average molecular weight is 181 g/mol. The summed E-state index contributed by atoms with van der Waals surface area (Å²) in [5.41, 5.74) is 5.73. The molecule has 0 aliphatic heterocycles. The lowest BCUT2D eigenvalue weighted by atomic mass is 9.86. The highest BCUT2D eigenvalue weighted by Gasteiger charge is 2.30. The standard InChI is InChI=1S/C10H19N3/c1-3-13(7-8(2)6-11)10-4-9(12)5-10/h8-10H,3-5,7,12H2,1-2H3. The summed E-state index contributed by atoms with van der Waals surface area (Å²) in [4.78, 5) is 2.37. The maximum absolute atomic E-state index is 8.70. The molecule has 0 radical (unpaired) electrons. The molecule has 1 unspecified atom stereocenters. The zero-order chi connectivity index (χ0) is 9.84. The van der Waals surface area contributed by atoms with Gasteiger partial charge in [-0.1, -0.05) is 6.92 Å². The lowest BCUT2D eigenvalue weighted by Gasteiger charge is -2.41. The van der Waals surface area contributed by atoms with Crippen LogP contribution >= 0.6 is 0 Å². The normalized spacial score (nSPS) is 29.5. The first kappa shape index (κ1) is 10.5. The van der Waals surface area contributed by atoms with E-state index in [2.05, 4.69) is 17.9 Å². The fraction of sp³-hybridized carbons (Fsp3) is 0.900. The van der Waals surface area contributed by atoms with Gasteiger partial charge in [-0.25, -0.2) is 0 Å². The monoisotopic (exact) mass is 181 g/mol. The number of hydrogen-bond acceptors (Lipinski definition) is 3. The predicted molar refractivity (Wildman–Crippen MR) is 53.0 cm³/mol. The molecule has 1 aliphatic rings. The van der Waals surface area contributed by atoms with Gasteiger partial charge in [-0.15, -0.1) is 0 Å². The summed E-state index contributed by atoms with van der Waals surface area (Å²) in [5.74, 6) is 0.136. The number of hydrogen-bond donors (Lipinski definition) is 1. The van der Waals surface area contributed by atoms with E-state index in [-0.39, 0.29) is 5.92 Å². The van der Waals surface area contributed by atoms with E-state index in [4.69, 9.17) is 11.0 Å². The van der Waals surface area contributed by atoms with E-state index in [1.807, 2.05) is 6.92 Å². The van der Waals surface area contributed by atoms with E-state index in [9.17, 15) is 0 Å². The molecule has 1 aliphatic carbocycles. The van der Waals surface area contributed by atoms with Gasteiger partial charge < -0.3 is 5.73 Å². The van der Waals surface area contributed by atoms with E-state index >= 15 is 0 Å². The second kappa shape index (κ2) is 4.59. The van der Waals surface area contributed by atoms with Crippen LogP contribution in [0, 0.1) is 17.2 Å². The minimum atomic E-state index is 0.136. The molecule has 0 bridgehead atoms. The van der Waals surface area contributed by atoms with Gasteiger partial charge in [0.15, 0.2) is 0 Å². The summed E-state index contributed by atoms with van der Waals surface area (Å²) in [6.45, 7) is 6.04. The molecule has 1 rings (SSSR count). The first-order valence-electron chi connectivity index (χ1n) is 5.06. The van der Waals surface area contributed by atoms with Crippen LogP contribution in [0.25, 0.3) is 0 Å². The summed E-state index contributed by atoms with van der Waals surface area (Å²) in [5, 5.41) is 8.70. The van der Waals surface area contributed by atoms with Crippen molar-refractivity contribution in [2.45, 2.75) is 38.8 Å². The summed E-state index contributed by atoms with van der Waals surface area (Å²) in [6.07, 6.45) is 2.21. The maximum atomic E-state index is 8.70. The lowest BCUT2D eigenvalue weighted by Crippen LogP contribution is -2.51. The van der Waals surface area contributed by atoms with Crippen LogP contribution in [0.5, 0.6) is 0 Å². The highest BCUT2D eigenvalue weighted by molar-refractivity contribution is 4.91. The Morgan fingerprint density at radius 3 is 2.62 bits per heavy atom. The van der Waals surface area contributed by atoms with Gasteiger partial charge >= 0.3 is 0 Å². The van der Waals surface area contributed by atoms with Crippen LogP contribution in [-0.4, -0.2) is 30.1 Å². The number of nitrogens with zero attached hydrogens (tertiary/aromatic N) is 2. The maximum Gasteiger partial charge on any atom is 0.0666 e. The topological polar surface area (TPSA) is 53.0 Å². The molecule has 2 N–H and O–H groups in total. The SMILES string of the molecule is CCN(CC(C)C#N)C1CC(N)C1. The van der Waals surface area contributed by atoms with Crippen LogP contribution in [0.1, 0.15) is 26.7 Å². The Labute approximate surface area is 80.5 Å². The molecule has 0 heterocycles. The third-order valence-corrected chi connectivity index (χ3v) is 2.80. The van der Waals surface area contributed by atoms with Gasteiger partial charge in [-0.3, -0.25) is 4.90 Å². The molecule has 0 spiro atoms. The van der Waals surface area contributed by atoms with Crippen molar-refractivity contribution >= 4 is 0 Å². The smallest absolute Gasteiger partial charge is 0.0666 e. The minimum Gasteiger partial charge on any atom is -0.328 e. The molecule has 0 aromatic carbocycles. The van der Waals surface area contributed by atoms with Crippen molar-refractivity contribution in [3.05, 3.63) is 0 Å². The number of nitrogens with two attached hydrogens (primary N) is 1. The summed E-state index contributed by atoms with van der Waals surface area (Å²) in [6, 6.07) is 3.31. The largest absolute Gasteiger partial charge is 0.328 e. The van der Waals surface area contributed by atoms with Crippen LogP contribution in [0.2, 0.25) is 0 Å². The third-order valence-electron chi connectivity index (χ3n) is 2.80. The second-order valence-electron chi connectivity index (χ2n) is 4.00. The van der Waals surface area contributed by atoms with Crippen molar-refractivity contribution in [3.63, 3.8) is 0 Å². The molecule has 0 aromatic heterocycles. The molecule has 1 fully saturated rings. The quantitative estimate of drug-likeness (QED) is 0.702. The Balaban J connectivity index is 2.32.